The van der Waals surface area contributed by atoms with Gasteiger partial charge in [0.2, 0.25) is 0 Å². The van der Waals surface area contributed by atoms with Crippen LogP contribution >= 0.6 is 0 Å². The van der Waals surface area contributed by atoms with Gasteiger partial charge in [-0.05, 0) is 0 Å². The number of rotatable bonds is 2. The Morgan fingerprint density at radius 3 is 1.74 bits per heavy atom. The van der Waals surface area contributed by atoms with Crippen molar-refractivity contribution in [2.24, 2.45) is 0 Å². The molecular formula is C6F10O3. The van der Waals surface area contributed by atoms with Crippen LogP contribution in [0.5, 0.6) is 0 Å². The molecule has 3 nitrogen and oxygen atoms in total. The summed E-state index contributed by atoms with van der Waals surface area (Å²) in [5.74, 6) is -8.60. The van der Waals surface area contributed by atoms with Gasteiger partial charge in [0.1, 0.15) is 0 Å². The van der Waals surface area contributed by atoms with Crippen LogP contribution in [0.2, 0.25) is 0 Å². The largest absolute Gasteiger partial charge is 0.527 e. The zero-order chi connectivity index (χ0) is 15.3. The Bertz CT molecular complexity index is 397. The summed E-state index contributed by atoms with van der Waals surface area (Å²) >= 11 is 0. The molecule has 0 aromatic rings. The van der Waals surface area contributed by atoms with E-state index in [9.17, 15) is 43.9 Å². The molecule has 1 atom stereocenters. The first kappa shape index (κ1) is 15.7. The molecule has 0 radical (unpaired) electrons. The average Bonchev–Trinajstić information content (AvgIpc) is 2.35. The molecule has 1 saturated heterocycles. The van der Waals surface area contributed by atoms with E-state index in [0.29, 0.717) is 0 Å². The third kappa shape index (κ3) is 2.64. The maximum absolute atomic E-state index is 13.2. The second-order valence-electron chi connectivity index (χ2n) is 2.93. The molecule has 0 aliphatic carbocycles. The fraction of sp³-hybridized carbons (Fsp3) is 0.667. The lowest BCUT2D eigenvalue weighted by Gasteiger charge is -2.29. The van der Waals surface area contributed by atoms with E-state index in [2.05, 4.69) is 9.47 Å². The molecule has 0 aromatic heterocycles. The Hall–Kier alpha value is -1.40. The lowest BCUT2D eigenvalue weighted by atomic mass is 10.2. The van der Waals surface area contributed by atoms with Crippen LogP contribution in [0.3, 0.4) is 0 Å². The highest BCUT2D eigenvalue weighted by Crippen LogP contribution is 2.55. The van der Waals surface area contributed by atoms with E-state index in [1.807, 2.05) is 4.74 Å². The second kappa shape index (κ2) is 4.05. The summed E-state index contributed by atoms with van der Waals surface area (Å²) in [7, 11) is 0. The predicted molar refractivity (Wildman–Crippen MR) is 32.3 cm³/mol. The summed E-state index contributed by atoms with van der Waals surface area (Å²) in [6.45, 7) is 0. The SMILES string of the molecule is FC(F)=C1OC(F)(F)C(F)(C(F)(F)OC(F)(F)F)O1. The number of hydrogen-bond acceptors (Lipinski definition) is 3. The first-order valence-electron chi connectivity index (χ1n) is 3.86. The fourth-order valence-electron chi connectivity index (χ4n) is 0.907. The van der Waals surface area contributed by atoms with Crippen molar-refractivity contribution in [3.63, 3.8) is 0 Å². The van der Waals surface area contributed by atoms with Crippen molar-refractivity contribution in [3.8, 4) is 0 Å². The van der Waals surface area contributed by atoms with Crippen molar-refractivity contribution < 1.29 is 58.1 Å². The van der Waals surface area contributed by atoms with Crippen LogP contribution in [-0.4, -0.2) is 24.4 Å². The van der Waals surface area contributed by atoms with Crippen LogP contribution in [0, 0.1) is 0 Å². The van der Waals surface area contributed by atoms with E-state index in [0.717, 1.165) is 0 Å². The molecule has 1 unspecified atom stereocenters. The van der Waals surface area contributed by atoms with E-state index >= 15 is 0 Å². The molecule has 1 aliphatic rings. The van der Waals surface area contributed by atoms with Gasteiger partial charge in [0.25, 0.3) is 0 Å². The van der Waals surface area contributed by atoms with E-state index in [4.69, 9.17) is 0 Å². The van der Waals surface area contributed by atoms with Crippen molar-refractivity contribution in [3.05, 3.63) is 12.0 Å². The molecular weight excluding hydrogens is 310 g/mol. The predicted octanol–water partition coefficient (Wildman–Crippen LogP) is 3.49. The number of alkyl halides is 8. The molecule has 0 saturated carbocycles. The zero-order valence-corrected chi connectivity index (χ0v) is 8.00. The lowest BCUT2D eigenvalue weighted by molar-refractivity contribution is -0.498. The van der Waals surface area contributed by atoms with E-state index in [1.54, 1.807) is 0 Å². The topological polar surface area (TPSA) is 27.7 Å². The molecule has 112 valence electrons. The monoisotopic (exact) mass is 310 g/mol. The molecule has 0 spiro atoms. The molecule has 0 N–H and O–H groups in total. The molecule has 1 aliphatic heterocycles. The van der Waals surface area contributed by atoms with Gasteiger partial charge in [-0.25, -0.2) is 4.74 Å². The quantitative estimate of drug-likeness (QED) is 0.731. The Balaban J connectivity index is 3.19. The summed E-state index contributed by atoms with van der Waals surface area (Å²) < 4.78 is 129. The van der Waals surface area contributed by atoms with Gasteiger partial charge in [-0.1, -0.05) is 0 Å². The average molecular weight is 310 g/mol. The van der Waals surface area contributed by atoms with Crippen molar-refractivity contribution in [2.75, 3.05) is 0 Å². The van der Waals surface area contributed by atoms with E-state index < -0.39 is 36.5 Å². The van der Waals surface area contributed by atoms with Crippen molar-refractivity contribution in [1.29, 1.82) is 0 Å². The third-order valence-electron chi connectivity index (χ3n) is 1.60. The third-order valence-corrected chi connectivity index (χ3v) is 1.60. The highest BCUT2D eigenvalue weighted by atomic mass is 19.4. The molecule has 1 heterocycles. The first-order chi connectivity index (χ1) is 8.22. The van der Waals surface area contributed by atoms with Gasteiger partial charge in [-0.3, -0.25) is 0 Å². The van der Waals surface area contributed by atoms with Gasteiger partial charge in [0.05, 0.1) is 0 Å². The zero-order valence-electron chi connectivity index (χ0n) is 8.00. The van der Waals surface area contributed by atoms with Crippen LogP contribution in [0.1, 0.15) is 0 Å². The normalized spacial score (nSPS) is 26.9. The van der Waals surface area contributed by atoms with Crippen molar-refractivity contribution in [2.45, 2.75) is 24.4 Å². The van der Waals surface area contributed by atoms with Gasteiger partial charge in [0, 0.05) is 0 Å². The summed E-state index contributed by atoms with van der Waals surface area (Å²) in [6.07, 6.45) is -21.7. The number of ether oxygens (including phenoxy) is 3. The molecule has 0 amide bonds. The van der Waals surface area contributed by atoms with Crippen LogP contribution in [-0.2, 0) is 14.2 Å². The van der Waals surface area contributed by atoms with Crippen LogP contribution in [0.4, 0.5) is 43.9 Å². The van der Waals surface area contributed by atoms with Gasteiger partial charge in [-0.15, -0.1) is 13.2 Å². The maximum atomic E-state index is 13.2. The van der Waals surface area contributed by atoms with E-state index in [-0.39, 0.29) is 0 Å². The molecule has 13 heteroatoms. The van der Waals surface area contributed by atoms with Crippen molar-refractivity contribution >= 4 is 0 Å². The number of halogens is 10. The van der Waals surface area contributed by atoms with Gasteiger partial charge in [-0.2, -0.15) is 30.7 Å². The summed E-state index contributed by atoms with van der Waals surface area (Å²) in [4.78, 5) is 0. The minimum atomic E-state index is -6.36. The fourth-order valence-corrected chi connectivity index (χ4v) is 0.907. The minimum Gasteiger partial charge on any atom is -0.408 e. The maximum Gasteiger partial charge on any atom is 0.527 e. The molecule has 0 aromatic carbocycles. The van der Waals surface area contributed by atoms with Gasteiger partial charge < -0.3 is 9.47 Å². The molecule has 19 heavy (non-hydrogen) atoms. The minimum absolute atomic E-state index is 1.81. The van der Waals surface area contributed by atoms with Crippen LogP contribution < -0.4 is 0 Å². The number of hydrogen-bond donors (Lipinski definition) is 0. The second-order valence-corrected chi connectivity index (χ2v) is 2.93. The standard InChI is InChI=1S/C6F10O3/c7-1(8)2-17-3(9,4(10,11)18-2)5(12,13)19-6(14,15)16. The van der Waals surface area contributed by atoms with Crippen LogP contribution in [0.25, 0.3) is 0 Å². The van der Waals surface area contributed by atoms with Crippen molar-refractivity contribution in [1.82, 2.24) is 0 Å². The van der Waals surface area contributed by atoms with Gasteiger partial charge in [0.15, 0.2) is 0 Å². The smallest absolute Gasteiger partial charge is 0.408 e. The van der Waals surface area contributed by atoms with Gasteiger partial charge >= 0.3 is 36.5 Å². The molecule has 0 bridgehead atoms. The molecule has 1 rings (SSSR count). The lowest BCUT2D eigenvalue weighted by Crippen LogP contribution is -2.58. The highest BCUT2D eigenvalue weighted by Gasteiger charge is 2.83. The Kier molecular flexibility index (Phi) is 3.33. The molecule has 1 fully saturated rings. The van der Waals surface area contributed by atoms with Crippen LogP contribution in [0.15, 0.2) is 12.0 Å². The summed E-state index contributed by atoms with van der Waals surface area (Å²) in [5.41, 5.74) is 0. The highest BCUT2D eigenvalue weighted by molar-refractivity contribution is 5.02. The summed E-state index contributed by atoms with van der Waals surface area (Å²) in [6, 6.07) is 0. The van der Waals surface area contributed by atoms with E-state index in [1.165, 1.54) is 0 Å². The Morgan fingerprint density at radius 1 is 0.947 bits per heavy atom. The Labute approximate surface area is 95.9 Å². The first-order valence-corrected chi connectivity index (χ1v) is 3.86. The Morgan fingerprint density at radius 2 is 1.42 bits per heavy atom. The summed E-state index contributed by atoms with van der Waals surface area (Å²) in [5, 5.41) is 0.